The van der Waals surface area contributed by atoms with Crippen molar-refractivity contribution in [3.8, 4) is 6.07 Å². The number of unbranched alkanes of at least 4 members (excludes halogenated alkanes) is 2. The van der Waals surface area contributed by atoms with Crippen molar-refractivity contribution in [1.82, 2.24) is 0 Å². The molecule has 0 atom stereocenters. The van der Waals surface area contributed by atoms with Crippen LogP contribution in [-0.2, 0) is 4.74 Å². The zero-order chi connectivity index (χ0) is 12.5. The van der Waals surface area contributed by atoms with Crippen LogP contribution in [-0.4, -0.2) is 20.3 Å². The quantitative estimate of drug-likeness (QED) is 0.735. The van der Waals surface area contributed by atoms with Gasteiger partial charge in [0.1, 0.15) is 6.07 Å². The van der Waals surface area contributed by atoms with Gasteiger partial charge in [0.25, 0.3) is 0 Å². The van der Waals surface area contributed by atoms with Crippen molar-refractivity contribution in [3.63, 3.8) is 0 Å². The molecule has 17 heavy (non-hydrogen) atoms. The smallest absolute Gasteiger partial charge is 0.101 e. The molecule has 0 aromatic heterocycles. The molecule has 0 saturated heterocycles. The molecule has 0 fully saturated rings. The van der Waals surface area contributed by atoms with Crippen LogP contribution in [0.5, 0.6) is 0 Å². The molecule has 1 N–H and O–H groups in total. The van der Waals surface area contributed by atoms with Crippen molar-refractivity contribution < 1.29 is 4.74 Å². The number of nitrogens with zero attached hydrogens (tertiary/aromatic N) is 1. The Morgan fingerprint density at radius 2 is 2.12 bits per heavy atom. The number of anilines is 1. The predicted molar refractivity (Wildman–Crippen MR) is 70.1 cm³/mol. The zero-order valence-corrected chi connectivity index (χ0v) is 10.6. The van der Waals surface area contributed by atoms with Crippen LogP contribution < -0.4 is 5.32 Å². The summed E-state index contributed by atoms with van der Waals surface area (Å²) in [5.74, 6) is 0. The first-order valence-corrected chi connectivity index (χ1v) is 6.01. The van der Waals surface area contributed by atoms with Gasteiger partial charge >= 0.3 is 0 Å². The van der Waals surface area contributed by atoms with Gasteiger partial charge in [-0.25, -0.2) is 0 Å². The topological polar surface area (TPSA) is 45.0 Å². The van der Waals surface area contributed by atoms with E-state index in [1.807, 2.05) is 25.1 Å². The number of hydrogen-bond donors (Lipinski definition) is 1. The summed E-state index contributed by atoms with van der Waals surface area (Å²) < 4.78 is 5.00. The van der Waals surface area contributed by atoms with Gasteiger partial charge in [0, 0.05) is 20.3 Å². The average Bonchev–Trinajstić information content (AvgIpc) is 2.34. The molecule has 0 aliphatic rings. The Labute approximate surface area is 103 Å². The summed E-state index contributed by atoms with van der Waals surface area (Å²) in [5, 5.41) is 12.3. The normalized spacial score (nSPS) is 9.94. The lowest BCUT2D eigenvalue weighted by atomic mass is 10.1. The third kappa shape index (κ3) is 4.88. The third-order valence-corrected chi connectivity index (χ3v) is 2.64. The minimum atomic E-state index is 0.715. The number of nitrogens with one attached hydrogen (secondary N) is 1. The van der Waals surface area contributed by atoms with E-state index in [4.69, 9.17) is 10.00 Å². The minimum Gasteiger partial charge on any atom is -0.385 e. The van der Waals surface area contributed by atoms with Crippen molar-refractivity contribution in [2.75, 3.05) is 25.6 Å². The SMILES string of the molecule is COCCCCCNc1cc(C)ccc1C#N. The van der Waals surface area contributed by atoms with Crippen LogP contribution in [0.25, 0.3) is 0 Å². The van der Waals surface area contributed by atoms with E-state index in [0.717, 1.165) is 38.1 Å². The van der Waals surface area contributed by atoms with E-state index in [-0.39, 0.29) is 0 Å². The van der Waals surface area contributed by atoms with E-state index in [0.29, 0.717) is 5.56 Å². The van der Waals surface area contributed by atoms with Crippen molar-refractivity contribution in [2.24, 2.45) is 0 Å². The van der Waals surface area contributed by atoms with Gasteiger partial charge in [-0.05, 0) is 43.9 Å². The lowest BCUT2D eigenvalue weighted by Gasteiger charge is -2.08. The second-order valence-electron chi connectivity index (χ2n) is 4.14. The summed E-state index contributed by atoms with van der Waals surface area (Å²) in [7, 11) is 1.73. The molecule has 3 heteroatoms. The van der Waals surface area contributed by atoms with Crippen LogP contribution in [0.15, 0.2) is 18.2 Å². The summed E-state index contributed by atoms with van der Waals surface area (Å²) in [5.41, 5.74) is 2.83. The summed E-state index contributed by atoms with van der Waals surface area (Å²) in [4.78, 5) is 0. The van der Waals surface area contributed by atoms with Gasteiger partial charge in [-0.3, -0.25) is 0 Å². The summed E-state index contributed by atoms with van der Waals surface area (Å²) in [6, 6.07) is 8.05. The third-order valence-electron chi connectivity index (χ3n) is 2.64. The number of methoxy groups -OCH3 is 1. The number of ether oxygens (including phenoxy) is 1. The fourth-order valence-electron chi connectivity index (χ4n) is 1.67. The summed E-state index contributed by atoms with van der Waals surface area (Å²) in [6.07, 6.45) is 3.34. The Morgan fingerprint density at radius 1 is 1.29 bits per heavy atom. The minimum absolute atomic E-state index is 0.715. The largest absolute Gasteiger partial charge is 0.385 e. The van der Waals surface area contributed by atoms with Gasteiger partial charge in [-0.2, -0.15) is 5.26 Å². The highest BCUT2D eigenvalue weighted by Crippen LogP contribution is 2.16. The summed E-state index contributed by atoms with van der Waals surface area (Å²) >= 11 is 0. The van der Waals surface area contributed by atoms with Crippen LogP contribution >= 0.6 is 0 Å². The van der Waals surface area contributed by atoms with Gasteiger partial charge in [0.15, 0.2) is 0 Å². The molecule has 1 aromatic carbocycles. The Morgan fingerprint density at radius 3 is 2.82 bits per heavy atom. The monoisotopic (exact) mass is 232 g/mol. The molecule has 0 bridgehead atoms. The number of rotatable bonds is 7. The molecule has 1 rings (SSSR count). The maximum absolute atomic E-state index is 8.98. The molecule has 3 nitrogen and oxygen atoms in total. The van der Waals surface area contributed by atoms with Crippen molar-refractivity contribution in [2.45, 2.75) is 26.2 Å². The van der Waals surface area contributed by atoms with Gasteiger partial charge in [-0.15, -0.1) is 0 Å². The average molecular weight is 232 g/mol. The Hall–Kier alpha value is -1.53. The fourth-order valence-corrected chi connectivity index (χ4v) is 1.67. The van der Waals surface area contributed by atoms with E-state index < -0.39 is 0 Å². The molecular weight excluding hydrogens is 212 g/mol. The number of nitriles is 1. The zero-order valence-electron chi connectivity index (χ0n) is 10.6. The Kier molecular flexibility index (Phi) is 6.13. The number of benzene rings is 1. The number of aryl methyl sites for hydroxylation is 1. The lowest BCUT2D eigenvalue weighted by Crippen LogP contribution is -2.04. The highest BCUT2D eigenvalue weighted by Gasteiger charge is 2.00. The first kappa shape index (κ1) is 13.5. The van der Waals surface area contributed by atoms with E-state index in [2.05, 4.69) is 11.4 Å². The number of hydrogen-bond acceptors (Lipinski definition) is 3. The van der Waals surface area contributed by atoms with Crippen LogP contribution in [0.1, 0.15) is 30.4 Å². The van der Waals surface area contributed by atoms with Crippen LogP contribution in [0, 0.1) is 18.3 Å². The molecule has 0 spiro atoms. The molecular formula is C14H20N2O. The highest BCUT2D eigenvalue weighted by molar-refractivity contribution is 5.58. The standard InChI is InChI=1S/C14H20N2O/c1-12-6-7-13(11-15)14(10-12)16-8-4-3-5-9-17-2/h6-7,10,16H,3-5,8-9H2,1-2H3. The van der Waals surface area contributed by atoms with Crippen molar-refractivity contribution in [3.05, 3.63) is 29.3 Å². The first-order valence-electron chi connectivity index (χ1n) is 6.01. The lowest BCUT2D eigenvalue weighted by molar-refractivity contribution is 0.192. The van der Waals surface area contributed by atoms with E-state index >= 15 is 0 Å². The van der Waals surface area contributed by atoms with Gasteiger partial charge in [0.05, 0.1) is 11.3 Å². The van der Waals surface area contributed by atoms with Gasteiger partial charge < -0.3 is 10.1 Å². The van der Waals surface area contributed by atoms with Gasteiger partial charge in [0.2, 0.25) is 0 Å². The molecule has 0 saturated carbocycles. The highest BCUT2D eigenvalue weighted by atomic mass is 16.5. The van der Waals surface area contributed by atoms with E-state index in [1.54, 1.807) is 7.11 Å². The predicted octanol–water partition coefficient (Wildman–Crippen LogP) is 3.10. The van der Waals surface area contributed by atoms with Crippen LogP contribution in [0.4, 0.5) is 5.69 Å². The molecule has 0 unspecified atom stereocenters. The maximum atomic E-state index is 8.98. The van der Waals surface area contributed by atoms with Gasteiger partial charge in [-0.1, -0.05) is 6.07 Å². The second kappa shape index (κ2) is 7.70. The Balaban J connectivity index is 2.36. The first-order chi connectivity index (χ1) is 8.27. The molecule has 0 aliphatic heterocycles. The van der Waals surface area contributed by atoms with E-state index in [9.17, 15) is 0 Å². The fraction of sp³-hybridized carbons (Fsp3) is 0.500. The summed E-state index contributed by atoms with van der Waals surface area (Å²) in [6.45, 7) is 3.76. The molecule has 0 amide bonds. The molecule has 92 valence electrons. The van der Waals surface area contributed by atoms with Crippen molar-refractivity contribution in [1.29, 1.82) is 5.26 Å². The maximum Gasteiger partial charge on any atom is 0.101 e. The van der Waals surface area contributed by atoms with Crippen molar-refractivity contribution >= 4 is 5.69 Å². The molecule has 0 radical (unpaired) electrons. The molecule has 1 aromatic rings. The van der Waals surface area contributed by atoms with Crippen LogP contribution in [0.3, 0.4) is 0 Å². The molecule has 0 heterocycles. The molecule has 0 aliphatic carbocycles. The Bertz CT molecular complexity index is 382. The second-order valence-corrected chi connectivity index (χ2v) is 4.14. The van der Waals surface area contributed by atoms with Crippen LogP contribution in [0.2, 0.25) is 0 Å². The van der Waals surface area contributed by atoms with E-state index in [1.165, 1.54) is 5.56 Å².